The van der Waals surface area contributed by atoms with E-state index in [1.165, 1.54) is 6.42 Å². The fraction of sp³-hybridized carbons (Fsp3) is 0.615. The van der Waals surface area contributed by atoms with Crippen LogP contribution in [0.15, 0.2) is 30.3 Å². The molecule has 32 heavy (non-hydrogen) atoms. The SMILES string of the molecule is C/C=C/c1ccc([C@H]2[C@@H](CO)N(C(=O)C3CCCCC3)C23CN(C(=O)NC(C)C)C3)cc1. The van der Waals surface area contributed by atoms with Crippen LogP contribution in [0.2, 0.25) is 0 Å². The molecule has 0 radical (unpaired) electrons. The van der Waals surface area contributed by atoms with Gasteiger partial charge in [-0.3, -0.25) is 4.79 Å². The third-order valence-electron chi connectivity index (χ3n) is 7.44. The van der Waals surface area contributed by atoms with Gasteiger partial charge in [-0.05, 0) is 44.7 Å². The number of hydrogen-bond donors (Lipinski definition) is 2. The Morgan fingerprint density at radius 1 is 1.16 bits per heavy atom. The molecule has 2 atom stereocenters. The maximum Gasteiger partial charge on any atom is 0.317 e. The number of aliphatic hydroxyl groups excluding tert-OH is 1. The average molecular weight is 440 g/mol. The predicted octanol–water partition coefficient (Wildman–Crippen LogP) is 3.76. The van der Waals surface area contributed by atoms with Crippen molar-refractivity contribution in [3.63, 3.8) is 0 Å². The van der Waals surface area contributed by atoms with Gasteiger partial charge in [0.25, 0.3) is 0 Å². The van der Waals surface area contributed by atoms with Crippen LogP contribution in [0.1, 0.15) is 69.9 Å². The minimum atomic E-state index is -0.418. The van der Waals surface area contributed by atoms with Gasteiger partial charge >= 0.3 is 6.03 Å². The molecule has 1 aromatic rings. The zero-order valence-electron chi connectivity index (χ0n) is 19.6. The molecule has 6 heteroatoms. The summed E-state index contributed by atoms with van der Waals surface area (Å²) in [4.78, 5) is 30.0. The van der Waals surface area contributed by atoms with Gasteiger partial charge in [0.05, 0.1) is 18.2 Å². The van der Waals surface area contributed by atoms with Crippen molar-refractivity contribution in [3.05, 3.63) is 41.5 Å². The number of rotatable bonds is 5. The smallest absolute Gasteiger partial charge is 0.317 e. The van der Waals surface area contributed by atoms with Gasteiger partial charge < -0.3 is 20.2 Å². The fourth-order valence-corrected chi connectivity index (χ4v) is 6.01. The van der Waals surface area contributed by atoms with E-state index in [0.717, 1.165) is 36.8 Å². The number of nitrogens with zero attached hydrogens (tertiary/aromatic N) is 2. The molecule has 3 aliphatic rings. The van der Waals surface area contributed by atoms with Crippen molar-refractivity contribution in [3.8, 4) is 0 Å². The second kappa shape index (κ2) is 9.26. The third-order valence-corrected chi connectivity index (χ3v) is 7.44. The maximum absolute atomic E-state index is 13.6. The first kappa shape index (κ1) is 22.8. The van der Waals surface area contributed by atoms with Gasteiger partial charge in [0.2, 0.25) is 5.91 Å². The molecule has 1 saturated carbocycles. The molecule has 6 nitrogen and oxygen atoms in total. The largest absolute Gasteiger partial charge is 0.394 e. The van der Waals surface area contributed by atoms with Gasteiger partial charge in [0, 0.05) is 31.0 Å². The van der Waals surface area contributed by atoms with Crippen molar-refractivity contribution >= 4 is 18.0 Å². The fourth-order valence-electron chi connectivity index (χ4n) is 6.01. The van der Waals surface area contributed by atoms with Crippen LogP contribution in [0.25, 0.3) is 6.08 Å². The molecule has 2 aliphatic heterocycles. The molecule has 4 rings (SSSR count). The van der Waals surface area contributed by atoms with E-state index in [4.69, 9.17) is 0 Å². The quantitative estimate of drug-likeness (QED) is 0.734. The van der Waals surface area contributed by atoms with E-state index in [-0.39, 0.29) is 42.5 Å². The topological polar surface area (TPSA) is 72.9 Å². The summed E-state index contributed by atoms with van der Waals surface area (Å²) in [6, 6.07) is 8.17. The number of likely N-dealkylation sites (tertiary alicyclic amines) is 2. The van der Waals surface area contributed by atoms with Crippen LogP contribution in [0, 0.1) is 5.92 Å². The van der Waals surface area contributed by atoms with Crippen LogP contribution >= 0.6 is 0 Å². The Morgan fingerprint density at radius 3 is 2.38 bits per heavy atom. The van der Waals surface area contributed by atoms with E-state index in [0.29, 0.717) is 13.1 Å². The highest BCUT2D eigenvalue weighted by atomic mass is 16.3. The van der Waals surface area contributed by atoms with E-state index in [2.05, 4.69) is 35.7 Å². The number of nitrogens with one attached hydrogen (secondary N) is 1. The van der Waals surface area contributed by atoms with Crippen molar-refractivity contribution in [2.45, 2.75) is 76.4 Å². The van der Waals surface area contributed by atoms with Gasteiger partial charge in [0.15, 0.2) is 0 Å². The van der Waals surface area contributed by atoms with E-state index in [1.54, 1.807) is 4.90 Å². The third kappa shape index (κ3) is 3.94. The molecule has 2 N–H and O–H groups in total. The van der Waals surface area contributed by atoms with Crippen molar-refractivity contribution in [2.75, 3.05) is 19.7 Å². The van der Waals surface area contributed by atoms with Crippen molar-refractivity contribution in [2.24, 2.45) is 5.92 Å². The Labute approximate surface area is 191 Å². The van der Waals surface area contributed by atoms with Crippen LogP contribution in [0.5, 0.6) is 0 Å². The zero-order chi connectivity index (χ0) is 22.9. The normalized spacial score (nSPS) is 25.2. The Hall–Kier alpha value is -2.34. The lowest BCUT2D eigenvalue weighted by Gasteiger charge is -2.70. The number of hydrogen-bond acceptors (Lipinski definition) is 3. The maximum atomic E-state index is 13.6. The summed E-state index contributed by atoms with van der Waals surface area (Å²) in [5, 5.41) is 13.3. The molecule has 1 aliphatic carbocycles. The second-order valence-corrected chi connectivity index (χ2v) is 10.0. The molecule has 3 amide bonds. The number of allylic oxidation sites excluding steroid dienone is 1. The van der Waals surface area contributed by atoms with Gasteiger partial charge in [-0.15, -0.1) is 0 Å². The summed E-state index contributed by atoms with van der Waals surface area (Å²) >= 11 is 0. The number of urea groups is 1. The van der Waals surface area contributed by atoms with E-state index < -0.39 is 5.54 Å². The first-order valence-corrected chi connectivity index (χ1v) is 12.1. The average Bonchev–Trinajstić information content (AvgIpc) is 2.74. The summed E-state index contributed by atoms with van der Waals surface area (Å²) in [5.74, 6) is 0.253. The lowest BCUT2D eigenvalue weighted by molar-refractivity contribution is -0.197. The van der Waals surface area contributed by atoms with Crippen molar-refractivity contribution < 1.29 is 14.7 Å². The van der Waals surface area contributed by atoms with Crippen molar-refractivity contribution in [1.82, 2.24) is 15.1 Å². The molecule has 174 valence electrons. The highest BCUT2D eigenvalue weighted by Crippen LogP contribution is 2.54. The van der Waals surface area contributed by atoms with Crippen LogP contribution in [-0.2, 0) is 4.79 Å². The Bertz CT molecular complexity index is 852. The van der Waals surface area contributed by atoms with Gasteiger partial charge in [0.1, 0.15) is 0 Å². The Kier molecular flexibility index (Phi) is 6.61. The molecule has 0 bridgehead atoms. The molecule has 3 fully saturated rings. The van der Waals surface area contributed by atoms with Gasteiger partial charge in [-0.1, -0.05) is 55.7 Å². The lowest BCUT2D eigenvalue weighted by atomic mass is 9.60. The summed E-state index contributed by atoms with van der Waals surface area (Å²) in [5.41, 5.74) is 1.85. The molecule has 0 unspecified atom stereocenters. The van der Waals surface area contributed by atoms with Crippen LogP contribution in [0.3, 0.4) is 0 Å². The van der Waals surface area contributed by atoms with Crippen molar-refractivity contribution in [1.29, 1.82) is 0 Å². The number of carbonyl (C=O) groups is 2. The molecule has 2 saturated heterocycles. The Balaban J connectivity index is 1.61. The second-order valence-electron chi connectivity index (χ2n) is 10.0. The number of amides is 3. The summed E-state index contributed by atoms with van der Waals surface area (Å²) in [6.45, 7) is 6.87. The first-order chi connectivity index (χ1) is 15.4. The number of carbonyl (C=O) groups excluding carboxylic acids is 2. The van der Waals surface area contributed by atoms with Gasteiger partial charge in [-0.25, -0.2) is 4.79 Å². The molecule has 1 aromatic carbocycles. The summed E-state index contributed by atoms with van der Waals surface area (Å²) < 4.78 is 0. The minimum Gasteiger partial charge on any atom is -0.394 e. The predicted molar refractivity (Wildman–Crippen MR) is 126 cm³/mol. The molecule has 0 aromatic heterocycles. The van der Waals surface area contributed by atoms with Crippen LogP contribution < -0.4 is 5.32 Å². The van der Waals surface area contributed by atoms with Crippen LogP contribution in [0.4, 0.5) is 4.79 Å². The van der Waals surface area contributed by atoms with Crippen LogP contribution in [-0.4, -0.2) is 64.2 Å². The highest BCUT2D eigenvalue weighted by Gasteiger charge is 2.68. The minimum absolute atomic E-state index is 0.0304. The first-order valence-electron chi connectivity index (χ1n) is 12.1. The zero-order valence-corrected chi connectivity index (χ0v) is 19.6. The van der Waals surface area contributed by atoms with E-state index in [9.17, 15) is 14.7 Å². The molecular weight excluding hydrogens is 402 g/mol. The summed E-state index contributed by atoms with van der Waals surface area (Å²) in [7, 11) is 0. The Morgan fingerprint density at radius 2 is 1.81 bits per heavy atom. The van der Waals surface area contributed by atoms with Gasteiger partial charge in [-0.2, -0.15) is 0 Å². The number of benzene rings is 1. The van der Waals surface area contributed by atoms with E-state index >= 15 is 0 Å². The standard InChI is InChI=1S/C26H37N3O3/c1-4-8-19-11-13-20(14-12-19)23-22(15-30)29(24(31)21-9-6-5-7-10-21)26(23)16-28(17-26)25(32)27-18(2)3/h4,8,11-14,18,21-23,30H,5-7,9-10,15-17H2,1-3H3,(H,27,32)/b8-4+/t22-,23+/m1/s1. The molecule has 2 heterocycles. The number of aliphatic hydroxyl groups is 1. The van der Waals surface area contributed by atoms with E-state index in [1.807, 2.05) is 31.7 Å². The molecular formula is C26H37N3O3. The monoisotopic (exact) mass is 439 g/mol. The highest BCUT2D eigenvalue weighted by molar-refractivity contribution is 5.84. The lowest BCUT2D eigenvalue weighted by Crippen LogP contribution is -2.86. The summed E-state index contributed by atoms with van der Waals surface area (Å²) in [6.07, 6.45) is 9.33. The molecule has 1 spiro atoms.